The number of nitrogens with two attached hydrogens (primary N) is 1. The number of carbonyl (C=O) groups excluding carboxylic acids is 9. The molecule has 101 heavy (non-hydrogen) atoms. The molecule has 0 spiro atoms. The Morgan fingerprint density at radius 3 is 2.17 bits per heavy atom. The molecule has 2 heterocycles. The molecule has 7 amide bonds. The van der Waals surface area contributed by atoms with Gasteiger partial charge in [-0.1, -0.05) is 94.5 Å². The Kier molecular flexibility index (Phi) is 26.7. The van der Waals surface area contributed by atoms with Crippen LogP contribution in [0.25, 0.3) is 0 Å². The molecule has 2 aliphatic heterocycles. The van der Waals surface area contributed by atoms with Gasteiger partial charge in [-0.05, 0) is 116 Å². The highest BCUT2D eigenvalue weighted by molar-refractivity contribution is 6.02. The van der Waals surface area contributed by atoms with Crippen LogP contribution in [0.3, 0.4) is 0 Å². The second kappa shape index (κ2) is 35.1. The van der Waals surface area contributed by atoms with E-state index in [1.165, 1.54) is 19.1 Å². The van der Waals surface area contributed by atoms with Crippen LogP contribution in [0.2, 0.25) is 0 Å². The second-order valence-electron chi connectivity index (χ2n) is 27.4. The number of primary amides is 1. The molecule has 8 N–H and O–H groups in total. The Bertz CT molecular complexity index is 3620. The summed E-state index contributed by atoms with van der Waals surface area (Å²) in [5.74, 6) is 0.607. The van der Waals surface area contributed by atoms with Gasteiger partial charge in [-0.25, -0.2) is 18.4 Å². The highest BCUT2D eigenvalue weighted by Gasteiger charge is 2.80. The number of alkyl carbamates (subject to hydrolysis) is 1. The van der Waals surface area contributed by atoms with E-state index in [4.69, 9.17) is 38.9 Å². The fraction of sp³-hybridized carbons (Fsp3) is 0.560. The van der Waals surface area contributed by atoms with E-state index in [9.17, 15) is 48.3 Å². The number of ether oxygens (including phenoxy) is 7. The third-order valence-electron chi connectivity index (χ3n) is 20.4. The van der Waals surface area contributed by atoms with Crippen molar-refractivity contribution in [1.82, 2.24) is 21.3 Å². The first-order valence-electron chi connectivity index (χ1n) is 35.0. The lowest BCUT2D eigenvalue weighted by Gasteiger charge is -2.63. The summed E-state index contributed by atoms with van der Waals surface area (Å²) in [5, 5.41) is 25.4. The minimum absolute atomic E-state index is 0.0172. The van der Waals surface area contributed by atoms with Gasteiger partial charge in [-0.3, -0.25) is 33.6 Å². The van der Waals surface area contributed by atoms with Gasteiger partial charge in [0.15, 0.2) is 34.9 Å². The zero-order valence-corrected chi connectivity index (χ0v) is 58.1. The molecule has 3 aromatic carbocycles. The second-order valence-corrected chi connectivity index (χ2v) is 27.4. The number of fused-ring (bicyclic) bond motifs is 9. The zero-order chi connectivity index (χ0) is 72.5. The van der Waals surface area contributed by atoms with E-state index in [2.05, 4.69) is 38.4 Å². The fourth-order valence-electron chi connectivity index (χ4n) is 15.3. The summed E-state index contributed by atoms with van der Waals surface area (Å²) >= 11 is 0. The smallest absolute Gasteiger partial charge is 0.407 e. The van der Waals surface area contributed by atoms with Crippen molar-refractivity contribution in [2.75, 3.05) is 82.7 Å². The summed E-state index contributed by atoms with van der Waals surface area (Å²) in [6, 6.07) is 19.9. The van der Waals surface area contributed by atoms with Crippen LogP contribution in [0.1, 0.15) is 128 Å². The molecular weight excluding hydrogens is 1310 g/mol. The number of urea groups is 1. The molecule has 0 radical (unpaired) electrons. The standard InChI is InChI=1S/C75H95F2N7O17/c1-6-12-67-100-63-42-55-56-41-58(76)57-40-54(85)26-28-72(57,4)74(56,77)61(87)43-73(55,5)75(63,101-67)62(88)44-81-71(94)99-46-48-18-22-53(23-19-48)82-69(92)51(16-11-29-80-70(78)93)39-60(86)68(47(2)3)83-65(90)27-31-95-33-35-97-37-38-98-36-34-96-32-30-79-64(89)24-25-66(91)84-45-52-15-8-7-13-49(52)20-21-50-14-9-10-17-59(50)84/h7-10,13-15,17-19,22-23,26,28,40,47,51,55-56,58,61,63,67-68,87H,6,11-12,16,24-25,27,29-39,41-46H2,1-5H3,(H,79,89)(H,81,94)(H,82,92)(H,83,90)(H3,78,80,93)/t51-,55+,56+,58+,61+,63-,67+,68+,72+,73+,74+,75-/m1/s1. The lowest BCUT2D eigenvalue weighted by atomic mass is 9.44. The first-order valence-corrected chi connectivity index (χ1v) is 35.0. The molecular formula is C75H95F2N7O17. The average molecular weight is 1400 g/mol. The van der Waals surface area contributed by atoms with Crippen molar-refractivity contribution in [3.63, 3.8) is 0 Å². The largest absolute Gasteiger partial charge is 0.445 e. The number of carbonyl (C=O) groups is 9. The van der Waals surface area contributed by atoms with Crippen LogP contribution in [0.5, 0.6) is 0 Å². The highest BCUT2D eigenvalue weighted by atomic mass is 19.1. The lowest BCUT2D eigenvalue weighted by molar-refractivity contribution is -0.233. The third kappa shape index (κ3) is 18.1. The Balaban J connectivity index is 0.646. The number of aliphatic hydroxyl groups is 1. The van der Waals surface area contributed by atoms with E-state index >= 15 is 8.78 Å². The van der Waals surface area contributed by atoms with Crippen molar-refractivity contribution in [2.24, 2.45) is 40.2 Å². The van der Waals surface area contributed by atoms with E-state index in [-0.39, 0.29) is 133 Å². The third-order valence-corrected chi connectivity index (χ3v) is 20.4. The SMILES string of the molecule is CCC[C@H]1O[C@@H]2C[C@H]3[C@@H]4C[C@H](F)C5=CC(=O)C=C[C@]5(C)[C@@]4(F)[C@@H](O)C[C@]3(C)[C@]2(C(=O)CNC(=O)OCc2ccc(NC(=O)[C@H](CCCNC(N)=O)CC(=O)[C@@H](NC(=O)CCOCCOCCOCCOCCNC(=O)CCC(=O)N3Cc4ccccc4C#Cc4ccccc43)C(C)C)cc2)O1. The van der Waals surface area contributed by atoms with Gasteiger partial charge in [-0.15, -0.1) is 0 Å². The Morgan fingerprint density at radius 1 is 0.792 bits per heavy atom. The number of anilines is 2. The number of Topliss-reactive ketones (excluding diaryl/α,β-unsaturated/α-hetero) is 2. The first kappa shape index (κ1) is 76.9. The van der Waals surface area contributed by atoms with Gasteiger partial charge in [0.05, 0.1) is 89.9 Å². The van der Waals surface area contributed by atoms with Crippen LogP contribution < -0.4 is 37.2 Å². The Morgan fingerprint density at radius 2 is 1.47 bits per heavy atom. The van der Waals surface area contributed by atoms with Gasteiger partial charge in [0.2, 0.25) is 23.6 Å². The van der Waals surface area contributed by atoms with Crippen LogP contribution in [0, 0.1) is 46.3 Å². The number of benzene rings is 3. The number of nitrogens with zero attached hydrogens (tertiary/aromatic N) is 1. The summed E-state index contributed by atoms with van der Waals surface area (Å²) < 4.78 is 74.9. The predicted octanol–water partition coefficient (Wildman–Crippen LogP) is 7.09. The highest BCUT2D eigenvalue weighted by Crippen LogP contribution is 2.72. The number of amides is 7. The van der Waals surface area contributed by atoms with Crippen LogP contribution in [-0.4, -0.2) is 173 Å². The molecule has 546 valence electrons. The predicted molar refractivity (Wildman–Crippen MR) is 367 cm³/mol. The number of ketones is 3. The van der Waals surface area contributed by atoms with E-state index in [1.807, 2.05) is 55.5 Å². The number of halogens is 2. The molecule has 0 aromatic heterocycles. The first-order chi connectivity index (χ1) is 48.4. The number of rotatable bonds is 36. The van der Waals surface area contributed by atoms with Crippen LogP contribution in [0.4, 0.5) is 29.7 Å². The molecule has 3 aromatic rings. The van der Waals surface area contributed by atoms with Gasteiger partial charge in [0.1, 0.15) is 12.8 Å². The van der Waals surface area contributed by atoms with Gasteiger partial charge in [0, 0.05) is 78.3 Å². The summed E-state index contributed by atoms with van der Waals surface area (Å²) in [5.41, 5.74) is 2.35. The normalized spacial score (nSPS) is 25.7. The maximum atomic E-state index is 17.9. The maximum Gasteiger partial charge on any atom is 0.407 e. The minimum atomic E-state index is -2.38. The Labute approximate surface area is 587 Å². The number of nitrogens with one attached hydrogen (secondary N) is 5. The number of para-hydroxylation sites is 1. The van der Waals surface area contributed by atoms with Crippen LogP contribution in [-0.2, 0) is 79.9 Å². The molecule has 26 heteroatoms. The number of hydrogen-bond donors (Lipinski definition) is 7. The van der Waals surface area contributed by atoms with Crippen LogP contribution in [0.15, 0.2) is 96.6 Å². The van der Waals surface area contributed by atoms with Gasteiger partial charge >= 0.3 is 12.1 Å². The lowest BCUT2D eigenvalue weighted by Crippen LogP contribution is -2.71. The van der Waals surface area contributed by atoms with Crippen molar-refractivity contribution in [3.05, 3.63) is 119 Å². The van der Waals surface area contributed by atoms with E-state index < -0.39 is 113 Å². The van der Waals surface area contributed by atoms with Crippen molar-refractivity contribution in [2.45, 2.75) is 160 Å². The van der Waals surface area contributed by atoms with Crippen LogP contribution >= 0.6 is 0 Å². The average Bonchev–Trinajstić information content (AvgIpc) is 1.54. The van der Waals surface area contributed by atoms with Crippen molar-refractivity contribution >= 4 is 64.5 Å². The molecule has 24 nitrogen and oxygen atoms in total. The van der Waals surface area contributed by atoms with Gasteiger partial charge < -0.3 is 75.5 Å². The Hall–Kier alpha value is -8.29. The van der Waals surface area contributed by atoms with E-state index in [1.54, 1.807) is 49.9 Å². The quantitative estimate of drug-likeness (QED) is 0.0226. The summed E-state index contributed by atoms with van der Waals surface area (Å²) in [4.78, 5) is 120. The molecule has 0 bridgehead atoms. The monoisotopic (exact) mass is 1400 g/mol. The topological polar surface area (TPSA) is 328 Å². The fourth-order valence-corrected chi connectivity index (χ4v) is 15.3. The van der Waals surface area contributed by atoms with Gasteiger partial charge in [-0.2, -0.15) is 0 Å². The zero-order valence-electron chi connectivity index (χ0n) is 58.1. The molecule has 4 aliphatic carbocycles. The van der Waals surface area contributed by atoms with Crippen molar-refractivity contribution < 1.29 is 90.2 Å². The number of alkyl halides is 2. The maximum absolute atomic E-state index is 17.9. The minimum Gasteiger partial charge on any atom is -0.445 e. The molecule has 1 saturated heterocycles. The van der Waals surface area contributed by atoms with Gasteiger partial charge in [0.25, 0.3) is 0 Å². The number of aliphatic hydroxyl groups excluding tert-OH is 1. The van der Waals surface area contributed by atoms with Crippen molar-refractivity contribution in [1.29, 1.82) is 0 Å². The van der Waals surface area contributed by atoms with E-state index in [0.717, 1.165) is 22.8 Å². The van der Waals surface area contributed by atoms with E-state index in [0.29, 0.717) is 62.6 Å². The molecule has 4 fully saturated rings. The summed E-state index contributed by atoms with van der Waals surface area (Å²) in [6.45, 7) is 10.6. The molecule has 0 unspecified atom stereocenters. The number of allylic oxidation sites excluding steroid dienone is 4. The number of hydrogen-bond acceptors (Lipinski definition) is 17. The molecule has 12 atom stereocenters. The molecule has 6 aliphatic rings. The van der Waals surface area contributed by atoms with Crippen molar-refractivity contribution in [3.8, 4) is 11.8 Å². The summed E-state index contributed by atoms with van der Waals surface area (Å²) in [7, 11) is 0. The summed E-state index contributed by atoms with van der Waals surface area (Å²) in [6.07, 6.45) is -1.43. The molecule has 3 saturated carbocycles. The molecule has 9 rings (SSSR count).